The molecule has 0 aliphatic heterocycles. The Labute approximate surface area is 69.2 Å². The number of anilines is 1. The molecule has 0 amide bonds. The largest absolute Gasteiger partial charge is 0.307 e. The lowest BCUT2D eigenvalue weighted by atomic mass is 10.5. The van der Waals surface area contributed by atoms with Crippen LogP contribution < -0.4 is 11.3 Å². The molecule has 5 nitrogen and oxygen atoms in total. The van der Waals surface area contributed by atoms with Gasteiger partial charge in [-0.3, -0.25) is 0 Å². The van der Waals surface area contributed by atoms with Crippen molar-refractivity contribution in [3.8, 4) is 0 Å². The van der Waals surface area contributed by atoms with Gasteiger partial charge in [0.25, 0.3) is 0 Å². The molecule has 0 aliphatic rings. The summed E-state index contributed by atoms with van der Waals surface area (Å²) in [5.74, 6) is 5.83. The molecular weight excluding hydrogens is 154 g/mol. The summed E-state index contributed by atoms with van der Waals surface area (Å²) in [6.45, 7) is 1.92. The van der Waals surface area contributed by atoms with E-state index in [1.54, 1.807) is 10.6 Å². The van der Waals surface area contributed by atoms with E-state index in [0.29, 0.717) is 5.82 Å². The fraction of sp³-hybridized carbons (Fsp3) is 0.143. The van der Waals surface area contributed by atoms with Crippen molar-refractivity contribution >= 4 is 11.5 Å². The molecule has 0 saturated carbocycles. The Bertz CT molecular complexity index is 405. The Hall–Kier alpha value is -1.62. The average molecular weight is 163 g/mol. The molecule has 3 N–H and O–H groups in total. The molecular formula is C7H9N5. The monoisotopic (exact) mass is 163 g/mol. The van der Waals surface area contributed by atoms with Crippen LogP contribution in [-0.2, 0) is 0 Å². The third kappa shape index (κ3) is 0.998. The summed E-state index contributed by atoms with van der Waals surface area (Å²) in [5, 5.41) is 4.13. The second-order valence-electron chi connectivity index (χ2n) is 2.55. The van der Waals surface area contributed by atoms with Gasteiger partial charge in [-0.2, -0.15) is 0 Å². The number of aryl methyl sites for hydroxylation is 1. The summed E-state index contributed by atoms with van der Waals surface area (Å²) < 4.78 is 1.69. The topological polar surface area (TPSA) is 68.2 Å². The summed E-state index contributed by atoms with van der Waals surface area (Å²) >= 11 is 0. The number of nitrogens with two attached hydrogens (primary N) is 1. The van der Waals surface area contributed by atoms with E-state index in [0.717, 1.165) is 11.3 Å². The molecule has 0 aliphatic carbocycles. The number of hydrogen-bond acceptors (Lipinski definition) is 4. The average Bonchev–Trinajstić information content (AvgIpc) is 2.43. The number of fused-ring (bicyclic) bond motifs is 1. The van der Waals surface area contributed by atoms with Gasteiger partial charge < -0.3 is 5.43 Å². The Morgan fingerprint density at radius 2 is 2.33 bits per heavy atom. The van der Waals surface area contributed by atoms with Crippen LogP contribution in [0.25, 0.3) is 5.65 Å². The van der Waals surface area contributed by atoms with E-state index >= 15 is 0 Å². The maximum Gasteiger partial charge on any atom is 0.161 e. The molecule has 0 saturated heterocycles. The molecule has 62 valence electrons. The molecule has 2 rings (SSSR count). The van der Waals surface area contributed by atoms with Crippen molar-refractivity contribution in [2.24, 2.45) is 5.84 Å². The Kier molecular flexibility index (Phi) is 1.44. The normalized spacial score (nSPS) is 10.5. The lowest BCUT2D eigenvalue weighted by molar-refractivity contribution is 0.932. The van der Waals surface area contributed by atoms with Gasteiger partial charge in [0.05, 0.1) is 11.9 Å². The van der Waals surface area contributed by atoms with Gasteiger partial charge in [-0.25, -0.2) is 15.3 Å². The molecule has 5 heteroatoms. The zero-order chi connectivity index (χ0) is 8.55. The van der Waals surface area contributed by atoms with Crippen molar-refractivity contribution in [2.75, 3.05) is 5.43 Å². The van der Waals surface area contributed by atoms with Gasteiger partial charge in [0.1, 0.15) is 0 Å². The standard InChI is InChI=1S/C7H9N5/c1-5-4-12-7(9-5)3-2-6(10-8)11-12/h2-4H,8H2,1H3,(H,10,11). The van der Waals surface area contributed by atoms with Crippen molar-refractivity contribution in [1.29, 1.82) is 0 Å². The third-order valence-electron chi connectivity index (χ3n) is 1.59. The summed E-state index contributed by atoms with van der Waals surface area (Å²) in [6.07, 6.45) is 1.84. The Balaban J connectivity index is 2.66. The number of nitrogens with one attached hydrogen (secondary N) is 1. The number of nitrogens with zero attached hydrogens (tertiary/aromatic N) is 3. The molecule has 12 heavy (non-hydrogen) atoms. The van der Waals surface area contributed by atoms with E-state index in [-0.39, 0.29) is 0 Å². The first-order chi connectivity index (χ1) is 5.79. The molecule has 0 spiro atoms. The predicted molar refractivity (Wildman–Crippen MR) is 45.5 cm³/mol. The minimum Gasteiger partial charge on any atom is -0.307 e. The molecule has 0 atom stereocenters. The van der Waals surface area contributed by atoms with Gasteiger partial charge in [-0.1, -0.05) is 0 Å². The summed E-state index contributed by atoms with van der Waals surface area (Å²) in [5.41, 5.74) is 4.24. The van der Waals surface area contributed by atoms with Crippen molar-refractivity contribution in [3.63, 3.8) is 0 Å². The minimum atomic E-state index is 0.625. The molecule has 0 bridgehead atoms. The lowest BCUT2D eigenvalue weighted by Gasteiger charge is -1.97. The van der Waals surface area contributed by atoms with E-state index < -0.39 is 0 Å². The van der Waals surface area contributed by atoms with E-state index in [9.17, 15) is 0 Å². The quantitative estimate of drug-likeness (QED) is 0.469. The van der Waals surface area contributed by atoms with E-state index in [4.69, 9.17) is 5.84 Å². The zero-order valence-corrected chi connectivity index (χ0v) is 6.65. The highest BCUT2D eigenvalue weighted by atomic mass is 15.3. The van der Waals surface area contributed by atoms with Crippen LogP contribution in [0.2, 0.25) is 0 Å². The Morgan fingerprint density at radius 1 is 1.50 bits per heavy atom. The highest BCUT2D eigenvalue weighted by Crippen LogP contribution is 2.05. The number of nitrogen functional groups attached to an aromatic ring is 1. The SMILES string of the molecule is Cc1cn2nc(NN)ccc2n1. The number of hydrogen-bond donors (Lipinski definition) is 2. The highest BCUT2D eigenvalue weighted by Gasteiger charge is 1.98. The molecule has 0 radical (unpaired) electrons. The number of rotatable bonds is 1. The second-order valence-corrected chi connectivity index (χ2v) is 2.55. The number of aromatic nitrogens is 3. The van der Waals surface area contributed by atoms with Crippen LogP contribution in [0.15, 0.2) is 18.3 Å². The molecule has 0 fully saturated rings. The van der Waals surface area contributed by atoms with Crippen molar-refractivity contribution < 1.29 is 0 Å². The van der Waals surface area contributed by atoms with Crippen LogP contribution in [0.4, 0.5) is 5.82 Å². The third-order valence-corrected chi connectivity index (χ3v) is 1.59. The predicted octanol–water partition coefficient (Wildman–Crippen LogP) is 0.323. The molecule has 0 unspecified atom stereocenters. The van der Waals surface area contributed by atoms with Crippen molar-refractivity contribution in [2.45, 2.75) is 6.92 Å². The fourth-order valence-electron chi connectivity index (χ4n) is 1.08. The van der Waals surface area contributed by atoms with Crippen LogP contribution in [-0.4, -0.2) is 14.6 Å². The van der Waals surface area contributed by atoms with Crippen molar-refractivity contribution in [1.82, 2.24) is 14.6 Å². The first-order valence-electron chi connectivity index (χ1n) is 3.59. The molecule has 2 aromatic rings. The van der Waals surface area contributed by atoms with Crippen LogP contribution in [0.1, 0.15) is 5.69 Å². The van der Waals surface area contributed by atoms with Gasteiger partial charge in [0.15, 0.2) is 11.5 Å². The van der Waals surface area contributed by atoms with Crippen LogP contribution in [0.3, 0.4) is 0 Å². The zero-order valence-electron chi connectivity index (χ0n) is 6.65. The molecule has 2 heterocycles. The number of imidazole rings is 1. The van der Waals surface area contributed by atoms with Crippen LogP contribution >= 0.6 is 0 Å². The minimum absolute atomic E-state index is 0.625. The highest BCUT2D eigenvalue weighted by molar-refractivity contribution is 5.44. The van der Waals surface area contributed by atoms with E-state index in [2.05, 4.69) is 15.5 Å². The fourth-order valence-corrected chi connectivity index (χ4v) is 1.08. The summed E-state index contributed by atoms with van der Waals surface area (Å²) in [4.78, 5) is 4.22. The first kappa shape index (κ1) is 7.05. The lowest BCUT2D eigenvalue weighted by Crippen LogP contribution is -2.09. The summed E-state index contributed by atoms with van der Waals surface area (Å²) in [6, 6.07) is 3.64. The molecule has 2 aromatic heterocycles. The van der Waals surface area contributed by atoms with Crippen LogP contribution in [0.5, 0.6) is 0 Å². The molecule has 0 aromatic carbocycles. The van der Waals surface area contributed by atoms with Gasteiger partial charge in [-0.05, 0) is 19.1 Å². The first-order valence-corrected chi connectivity index (χ1v) is 3.59. The van der Waals surface area contributed by atoms with Gasteiger partial charge in [-0.15, -0.1) is 5.10 Å². The van der Waals surface area contributed by atoms with Crippen LogP contribution in [0, 0.1) is 6.92 Å². The second kappa shape index (κ2) is 2.46. The van der Waals surface area contributed by atoms with Gasteiger partial charge in [0, 0.05) is 0 Å². The van der Waals surface area contributed by atoms with Crippen molar-refractivity contribution in [3.05, 3.63) is 24.0 Å². The van der Waals surface area contributed by atoms with Gasteiger partial charge >= 0.3 is 0 Å². The van der Waals surface area contributed by atoms with E-state index in [1.165, 1.54) is 0 Å². The smallest absolute Gasteiger partial charge is 0.161 e. The van der Waals surface area contributed by atoms with Gasteiger partial charge in [0.2, 0.25) is 0 Å². The maximum absolute atomic E-state index is 5.20. The van der Waals surface area contributed by atoms with E-state index in [1.807, 2.05) is 19.2 Å². The Morgan fingerprint density at radius 3 is 3.08 bits per heavy atom. The number of hydrazine groups is 1. The summed E-state index contributed by atoms with van der Waals surface area (Å²) in [7, 11) is 0. The maximum atomic E-state index is 5.20.